The average molecular weight is 318 g/mol. The van der Waals surface area contributed by atoms with Crippen LogP contribution in [0.1, 0.15) is 0 Å². The van der Waals surface area contributed by atoms with E-state index in [1.807, 2.05) is 11.3 Å². The molecule has 2 heteroatoms. The summed E-state index contributed by atoms with van der Waals surface area (Å²) in [5, 5.41) is 4.17. The van der Waals surface area contributed by atoms with Crippen molar-refractivity contribution in [3.8, 4) is 0 Å². The summed E-state index contributed by atoms with van der Waals surface area (Å²) in [6.07, 6.45) is 0. The summed E-state index contributed by atoms with van der Waals surface area (Å²) >= 11 is 1.92. The minimum absolute atomic E-state index is 0.474. The van der Waals surface area contributed by atoms with E-state index >= 15 is 0 Å². The van der Waals surface area contributed by atoms with Gasteiger partial charge >= 0.3 is 0 Å². The molecule has 0 atom stereocenters. The summed E-state index contributed by atoms with van der Waals surface area (Å²) in [6, 6.07) is 32.8. The van der Waals surface area contributed by atoms with Crippen molar-refractivity contribution in [2.45, 2.75) is 0 Å². The van der Waals surface area contributed by atoms with Crippen LogP contribution in [0.4, 0.5) is 0 Å². The van der Waals surface area contributed by atoms with E-state index in [0.29, 0.717) is 0 Å². The van der Waals surface area contributed by atoms with Crippen molar-refractivity contribution in [3.05, 3.63) is 91.0 Å². The third-order valence-electron chi connectivity index (χ3n) is 3.66. The Morgan fingerprint density at radius 3 is 1.73 bits per heavy atom. The maximum Gasteiger partial charge on any atom is 0.0381 e. The largest absolute Gasteiger partial charge is 0.135 e. The maximum atomic E-state index is 2.37. The SMILES string of the molecule is c1ccc(P(c2ccccc2)c2cc3ccccc3s2)cc1. The zero-order valence-corrected chi connectivity index (χ0v) is 13.7. The molecule has 1 heterocycles. The first-order valence-corrected chi connectivity index (χ1v) is 9.46. The van der Waals surface area contributed by atoms with E-state index in [1.165, 1.54) is 25.3 Å². The fourth-order valence-corrected chi connectivity index (χ4v) is 6.75. The van der Waals surface area contributed by atoms with Crippen LogP contribution >= 0.6 is 19.3 Å². The molecule has 0 nitrogen and oxygen atoms in total. The number of hydrogen-bond acceptors (Lipinski definition) is 1. The molecule has 0 aliphatic carbocycles. The topological polar surface area (TPSA) is 0 Å². The first kappa shape index (κ1) is 13.7. The molecule has 0 saturated carbocycles. The van der Waals surface area contributed by atoms with Gasteiger partial charge in [-0.3, -0.25) is 0 Å². The fourth-order valence-electron chi connectivity index (χ4n) is 2.64. The van der Waals surface area contributed by atoms with Crippen LogP contribution in [0.25, 0.3) is 10.1 Å². The minimum atomic E-state index is -0.474. The van der Waals surface area contributed by atoms with Gasteiger partial charge in [0, 0.05) is 9.32 Å². The summed E-state index contributed by atoms with van der Waals surface area (Å²) in [5.74, 6) is 0. The second-order valence-electron chi connectivity index (χ2n) is 5.13. The molecule has 4 rings (SSSR count). The Morgan fingerprint density at radius 2 is 1.14 bits per heavy atom. The van der Waals surface area contributed by atoms with E-state index < -0.39 is 7.92 Å². The lowest BCUT2D eigenvalue weighted by atomic mass is 10.3. The highest BCUT2D eigenvalue weighted by atomic mass is 32.1. The fraction of sp³-hybridized carbons (Fsp3) is 0. The van der Waals surface area contributed by atoms with E-state index in [0.717, 1.165) is 0 Å². The number of fused-ring (bicyclic) bond motifs is 1. The van der Waals surface area contributed by atoms with Gasteiger partial charge in [0.25, 0.3) is 0 Å². The number of rotatable bonds is 3. The van der Waals surface area contributed by atoms with Gasteiger partial charge in [-0.15, -0.1) is 11.3 Å². The van der Waals surface area contributed by atoms with Crippen LogP contribution in [-0.4, -0.2) is 0 Å². The molecule has 0 spiro atoms. The molecule has 0 aliphatic rings. The van der Waals surface area contributed by atoms with Crippen molar-refractivity contribution in [1.82, 2.24) is 0 Å². The molecular weight excluding hydrogens is 303 g/mol. The van der Waals surface area contributed by atoms with Gasteiger partial charge in [-0.1, -0.05) is 78.9 Å². The van der Waals surface area contributed by atoms with Crippen molar-refractivity contribution in [2.24, 2.45) is 0 Å². The minimum Gasteiger partial charge on any atom is -0.135 e. The lowest BCUT2D eigenvalue weighted by Gasteiger charge is -2.16. The molecule has 22 heavy (non-hydrogen) atoms. The molecule has 4 aromatic rings. The molecule has 0 saturated heterocycles. The molecule has 0 radical (unpaired) electrons. The number of hydrogen-bond donors (Lipinski definition) is 0. The van der Waals surface area contributed by atoms with Crippen molar-refractivity contribution in [3.63, 3.8) is 0 Å². The molecular formula is C20H15PS. The normalized spacial score (nSPS) is 11.1. The third kappa shape index (κ3) is 2.59. The second kappa shape index (κ2) is 6.04. The Kier molecular flexibility index (Phi) is 3.76. The Labute approximate surface area is 135 Å². The Morgan fingerprint density at radius 1 is 0.591 bits per heavy atom. The van der Waals surface area contributed by atoms with Gasteiger partial charge in [-0.05, 0) is 36.0 Å². The van der Waals surface area contributed by atoms with E-state index in [4.69, 9.17) is 0 Å². The number of thiophene rings is 1. The van der Waals surface area contributed by atoms with Crippen LogP contribution in [0, 0.1) is 0 Å². The molecule has 1 aromatic heterocycles. The summed E-state index contributed by atoms with van der Waals surface area (Å²) in [6.45, 7) is 0. The highest BCUT2D eigenvalue weighted by molar-refractivity contribution is 7.84. The van der Waals surface area contributed by atoms with Crippen molar-refractivity contribution in [2.75, 3.05) is 0 Å². The van der Waals surface area contributed by atoms with Gasteiger partial charge < -0.3 is 0 Å². The Bertz CT molecular complexity index is 809. The van der Waals surface area contributed by atoms with Gasteiger partial charge in [0.15, 0.2) is 0 Å². The van der Waals surface area contributed by atoms with Gasteiger partial charge in [0.2, 0.25) is 0 Å². The van der Waals surface area contributed by atoms with Gasteiger partial charge in [0.05, 0.1) is 0 Å². The molecule has 0 fully saturated rings. The van der Waals surface area contributed by atoms with E-state index in [-0.39, 0.29) is 0 Å². The van der Waals surface area contributed by atoms with E-state index in [1.54, 1.807) is 0 Å². The van der Waals surface area contributed by atoms with Crippen LogP contribution in [0.3, 0.4) is 0 Å². The van der Waals surface area contributed by atoms with Crippen LogP contribution < -0.4 is 15.2 Å². The summed E-state index contributed by atoms with van der Waals surface area (Å²) in [4.78, 5) is 0. The molecule has 0 aliphatic heterocycles. The zero-order chi connectivity index (χ0) is 14.8. The van der Waals surface area contributed by atoms with Crippen LogP contribution in [0.5, 0.6) is 0 Å². The van der Waals surface area contributed by atoms with Gasteiger partial charge in [-0.2, -0.15) is 0 Å². The summed E-state index contributed by atoms with van der Waals surface area (Å²) in [5.41, 5.74) is 0. The second-order valence-corrected chi connectivity index (χ2v) is 8.70. The standard InChI is InChI=1S/C20H15PS/c1-3-10-17(11-4-1)21(18-12-5-2-6-13-18)20-15-16-9-7-8-14-19(16)22-20/h1-15H. The van der Waals surface area contributed by atoms with Gasteiger partial charge in [0.1, 0.15) is 0 Å². The quantitative estimate of drug-likeness (QED) is 0.482. The maximum absolute atomic E-state index is 2.37. The first-order valence-electron chi connectivity index (χ1n) is 7.31. The molecule has 106 valence electrons. The van der Waals surface area contributed by atoms with Crippen LogP contribution in [-0.2, 0) is 0 Å². The first-order chi connectivity index (χ1) is 10.9. The van der Waals surface area contributed by atoms with Crippen molar-refractivity contribution in [1.29, 1.82) is 0 Å². The average Bonchev–Trinajstić information content (AvgIpc) is 3.00. The van der Waals surface area contributed by atoms with Gasteiger partial charge in [-0.25, -0.2) is 0 Å². The van der Waals surface area contributed by atoms with E-state index in [9.17, 15) is 0 Å². The smallest absolute Gasteiger partial charge is 0.0381 e. The molecule has 3 aromatic carbocycles. The lowest BCUT2D eigenvalue weighted by molar-refractivity contribution is 1.75. The Balaban J connectivity index is 1.90. The third-order valence-corrected chi connectivity index (χ3v) is 7.60. The predicted octanol–water partition coefficient (Wildman–Crippen LogP) is 4.66. The predicted molar refractivity (Wildman–Crippen MR) is 101 cm³/mol. The molecule has 0 amide bonds. The summed E-state index contributed by atoms with van der Waals surface area (Å²) < 4.78 is 2.84. The molecule has 0 unspecified atom stereocenters. The zero-order valence-electron chi connectivity index (χ0n) is 12.0. The monoisotopic (exact) mass is 318 g/mol. The lowest BCUT2D eigenvalue weighted by Crippen LogP contribution is -2.18. The molecule has 0 N–H and O–H groups in total. The number of benzene rings is 3. The van der Waals surface area contributed by atoms with Crippen molar-refractivity contribution < 1.29 is 0 Å². The van der Waals surface area contributed by atoms with Crippen LogP contribution in [0.2, 0.25) is 0 Å². The van der Waals surface area contributed by atoms with Crippen molar-refractivity contribution >= 4 is 44.6 Å². The van der Waals surface area contributed by atoms with Crippen LogP contribution in [0.15, 0.2) is 91.0 Å². The van der Waals surface area contributed by atoms with E-state index in [2.05, 4.69) is 91.0 Å². The summed E-state index contributed by atoms with van der Waals surface area (Å²) in [7, 11) is -0.474. The highest BCUT2D eigenvalue weighted by Gasteiger charge is 2.18. The highest BCUT2D eigenvalue weighted by Crippen LogP contribution is 2.37. The molecule has 0 bridgehead atoms. The Hall–Kier alpha value is -1.95.